The number of nitrogens with zero attached hydrogens (tertiary/aromatic N) is 3. The Morgan fingerprint density at radius 1 is 1.21 bits per heavy atom. The van der Waals surface area contributed by atoms with E-state index in [0.717, 1.165) is 43.0 Å². The zero-order chi connectivity index (χ0) is 16.4. The molecule has 4 heterocycles. The Morgan fingerprint density at radius 2 is 2.08 bits per heavy atom. The number of hydrogen-bond donors (Lipinski definition) is 3. The normalized spacial score (nSPS) is 17.4. The van der Waals surface area contributed by atoms with E-state index in [9.17, 15) is 4.79 Å². The second-order valence-electron chi connectivity index (χ2n) is 6.36. The number of aromatic nitrogens is 3. The number of anilines is 2. The third kappa shape index (κ3) is 2.99. The Bertz CT molecular complexity index is 717. The first-order valence-electron chi connectivity index (χ1n) is 8.60. The Kier molecular flexibility index (Phi) is 4.17. The van der Waals surface area contributed by atoms with Gasteiger partial charge in [-0.1, -0.05) is 0 Å². The van der Waals surface area contributed by atoms with Crippen LogP contribution < -0.4 is 15.5 Å². The summed E-state index contributed by atoms with van der Waals surface area (Å²) in [5, 5.41) is 13.3. The standard InChI is InChI=1S/C17H22N6O/c24-17(16-13-11-18-7-6-14(13)21-22-16)20-15-5-4-12(10-19-15)23-8-2-1-3-9-23/h4-5,10,18H,1-3,6-9,11H2,(H,21,22)(H,19,20,24). The summed E-state index contributed by atoms with van der Waals surface area (Å²) in [5.41, 5.74) is 3.59. The van der Waals surface area contributed by atoms with Crippen molar-refractivity contribution in [1.82, 2.24) is 20.5 Å². The Morgan fingerprint density at radius 3 is 2.88 bits per heavy atom. The lowest BCUT2D eigenvalue weighted by Gasteiger charge is -2.28. The molecule has 1 saturated heterocycles. The summed E-state index contributed by atoms with van der Waals surface area (Å²) in [6.07, 6.45) is 6.48. The first-order chi connectivity index (χ1) is 11.8. The number of piperidine rings is 1. The number of hydrogen-bond acceptors (Lipinski definition) is 5. The number of carbonyl (C=O) groups is 1. The lowest BCUT2D eigenvalue weighted by molar-refractivity contribution is 0.102. The monoisotopic (exact) mass is 326 g/mol. The van der Waals surface area contributed by atoms with E-state index in [0.29, 0.717) is 18.1 Å². The molecule has 7 nitrogen and oxygen atoms in total. The van der Waals surface area contributed by atoms with Gasteiger partial charge in [-0.25, -0.2) is 4.98 Å². The van der Waals surface area contributed by atoms with Crippen LogP contribution in [0.25, 0.3) is 0 Å². The molecule has 24 heavy (non-hydrogen) atoms. The molecule has 1 fully saturated rings. The van der Waals surface area contributed by atoms with E-state index in [1.54, 1.807) is 0 Å². The molecule has 3 N–H and O–H groups in total. The highest BCUT2D eigenvalue weighted by atomic mass is 16.2. The summed E-state index contributed by atoms with van der Waals surface area (Å²) in [7, 11) is 0. The van der Waals surface area contributed by atoms with Crippen LogP contribution in [0.5, 0.6) is 0 Å². The predicted octanol–water partition coefficient (Wildman–Crippen LogP) is 1.69. The molecule has 2 aromatic rings. The topological polar surface area (TPSA) is 85.9 Å². The number of nitrogens with one attached hydrogen (secondary N) is 3. The molecule has 0 spiro atoms. The average Bonchev–Trinajstić information content (AvgIpc) is 3.07. The minimum atomic E-state index is -0.213. The van der Waals surface area contributed by atoms with Crippen LogP contribution in [0.3, 0.4) is 0 Å². The molecule has 2 aliphatic heterocycles. The molecule has 0 aromatic carbocycles. The fraction of sp³-hybridized carbons (Fsp3) is 0.471. The third-order valence-corrected chi connectivity index (χ3v) is 4.73. The highest BCUT2D eigenvalue weighted by Gasteiger charge is 2.21. The molecule has 0 atom stereocenters. The lowest BCUT2D eigenvalue weighted by Crippen LogP contribution is -2.29. The van der Waals surface area contributed by atoms with Gasteiger partial charge in [0.2, 0.25) is 0 Å². The van der Waals surface area contributed by atoms with Crippen LogP contribution in [-0.4, -0.2) is 40.7 Å². The molecule has 0 unspecified atom stereocenters. The number of fused-ring (bicyclic) bond motifs is 1. The van der Waals surface area contributed by atoms with Crippen LogP contribution in [0.2, 0.25) is 0 Å². The number of pyridine rings is 1. The van der Waals surface area contributed by atoms with Gasteiger partial charge in [0.05, 0.1) is 11.9 Å². The molecule has 0 radical (unpaired) electrons. The van der Waals surface area contributed by atoms with Crippen molar-refractivity contribution in [2.75, 3.05) is 29.9 Å². The molecule has 2 aliphatic rings. The second kappa shape index (κ2) is 6.60. The Hall–Kier alpha value is -2.41. The number of H-pyrrole nitrogens is 1. The van der Waals surface area contributed by atoms with E-state index >= 15 is 0 Å². The molecule has 0 saturated carbocycles. The highest BCUT2D eigenvalue weighted by Crippen LogP contribution is 2.21. The Labute approximate surface area is 140 Å². The zero-order valence-electron chi connectivity index (χ0n) is 13.6. The van der Waals surface area contributed by atoms with E-state index in [2.05, 4.69) is 30.7 Å². The smallest absolute Gasteiger partial charge is 0.277 e. The first kappa shape index (κ1) is 15.1. The van der Waals surface area contributed by atoms with Crippen molar-refractivity contribution in [3.05, 3.63) is 35.3 Å². The molecule has 1 amide bonds. The largest absolute Gasteiger partial charge is 0.370 e. The number of amides is 1. The maximum Gasteiger partial charge on any atom is 0.277 e. The fourth-order valence-electron chi connectivity index (χ4n) is 3.39. The molecule has 0 bridgehead atoms. The minimum absolute atomic E-state index is 0.213. The summed E-state index contributed by atoms with van der Waals surface area (Å²) in [5.74, 6) is 0.343. The Balaban J connectivity index is 1.45. The summed E-state index contributed by atoms with van der Waals surface area (Å²) >= 11 is 0. The SMILES string of the molecule is O=C(Nc1ccc(N2CCCCC2)cn1)c1n[nH]c2c1CNCC2. The van der Waals surface area contributed by atoms with Gasteiger partial charge in [-0.2, -0.15) is 5.10 Å². The fourth-order valence-corrected chi connectivity index (χ4v) is 3.39. The van der Waals surface area contributed by atoms with Gasteiger partial charge in [0, 0.05) is 43.9 Å². The number of rotatable bonds is 3. The maximum atomic E-state index is 12.5. The maximum absolute atomic E-state index is 12.5. The van der Waals surface area contributed by atoms with Gasteiger partial charge in [-0.15, -0.1) is 0 Å². The first-order valence-corrected chi connectivity index (χ1v) is 8.60. The highest BCUT2D eigenvalue weighted by molar-refractivity contribution is 6.03. The van der Waals surface area contributed by atoms with Gasteiger partial charge in [0.1, 0.15) is 5.82 Å². The van der Waals surface area contributed by atoms with Crippen LogP contribution in [0, 0.1) is 0 Å². The zero-order valence-corrected chi connectivity index (χ0v) is 13.6. The van der Waals surface area contributed by atoms with Crippen molar-refractivity contribution in [2.45, 2.75) is 32.2 Å². The number of aromatic amines is 1. The lowest BCUT2D eigenvalue weighted by atomic mass is 10.1. The van der Waals surface area contributed by atoms with Crippen LogP contribution in [0.4, 0.5) is 11.5 Å². The predicted molar refractivity (Wildman–Crippen MR) is 92.3 cm³/mol. The van der Waals surface area contributed by atoms with Crippen molar-refractivity contribution in [3.63, 3.8) is 0 Å². The van der Waals surface area contributed by atoms with Crippen molar-refractivity contribution in [3.8, 4) is 0 Å². The minimum Gasteiger partial charge on any atom is -0.370 e. The van der Waals surface area contributed by atoms with Gasteiger partial charge >= 0.3 is 0 Å². The van der Waals surface area contributed by atoms with E-state index in [4.69, 9.17) is 0 Å². The van der Waals surface area contributed by atoms with Crippen molar-refractivity contribution in [2.24, 2.45) is 0 Å². The molecular formula is C17H22N6O. The van der Waals surface area contributed by atoms with Crippen molar-refractivity contribution < 1.29 is 4.79 Å². The van der Waals surface area contributed by atoms with Gasteiger partial charge in [0.15, 0.2) is 5.69 Å². The van der Waals surface area contributed by atoms with Crippen LogP contribution in [0.1, 0.15) is 41.0 Å². The quantitative estimate of drug-likeness (QED) is 0.799. The number of carbonyl (C=O) groups excluding carboxylic acids is 1. The molecular weight excluding hydrogens is 304 g/mol. The van der Waals surface area contributed by atoms with Crippen molar-refractivity contribution >= 4 is 17.4 Å². The van der Waals surface area contributed by atoms with E-state index in [-0.39, 0.29) is 5.91 Å². The van der Waals surface area contributed by atoms with Gasteiger partial charge < -0.3 is 15.5 Å². The van der Waals surface area contributed by atoms with Crippen LogP contribution in [0.15, 0.2) is 18.3 Å². The van der Waals surface area contributed by atoms with Crippen molar-refractivity contribution in [1.29, 1.82) is 0 Å². The van der Waals surface area contributed by atoms with Crippen LogP contribution in [-0.2, 0) is 13.0 Å². The van der Waals surface area contributed by atoms with Gasteiger partial charge in [0.25, 0.3) is 5.91 Å². The third-order valence-electron chi connectivity index (χ3n) is 4.73. The van der Waals surface area contributed by atoms with E-state index in [1.807, 2.05) is 18.3 Å². The summed E-state index contributed by atoms with van der Waals surface area (Å²) < 4.78 is 0. The molecule has 0 aliphatic carbocycles. The summed E-state index contributed by atoms with van der Waals surface area (Å²) in [4.78, 5) is 19.2. The average molecular weight is 326 g/mol. The molecule has 126 valence electrons. The molecule has 4 rings (SSSR count). The molecule has 2 aromatic heterocycles. The second-order valence-corrected chi connectivity index (χ2v) is 6.36. The van der Waals surface area contributed by atoms with Crippen LogP contribution >= 0.6 is 0 Å². The van der Waals surface area contributed by atoms with Gasteiger partial charge in [-0.3, -0.25) is 9.89 Å². The summed E-state index contributed by atoms with van der Waals surface area (Å²) in [6.45, 7) is 3.76. The van der Waals surface area contributed by atoms with Gasteiger partial charge in [-0.05, 0) is 31.4 Å². The summed E-state index contributed by atoms with van der Waals surface area (Å²) in [6, 6.07) is 3.88. The molecule has 7 heteroatoms. The van der Waals surface area contributed by atoms with E-state index in [1.165, 1.54) is 19.3 Å². The van der Waals surface area contributed by atoms with E-state index < -0.39 is 0 Å².